The summed E-state index contributed by atoms with van der Waals surface area (Å²) in [5, 5.41) is 0.515. The smallest absolute Gasteiger partial charge is 0.337 e. The summed E-state index contributed by atoms with van der Waals surface area (Å²) in [7, 11) is 1.49. The Morgan fingerprint density at radius 3 is 2.53 bits per heavy atom. The molecular formula is C21H18ClFN4O3. The lowest BCUT2D eigenvalue weighted by atomic mass is 10.2. The molecule has 0 saturated heterocycles. The van der Waals surface area contributed by atoms with Crippen LogP contribution < -0.4 is 11.2 Å². The standard InChI is InChI=1S/C21H18ClFN4O3/c1-30-11-10-26-20(28)18-19(27(21(26)29)16-8-6-15(22)7-9-16)24-13-25(18)12-14-4-2-3-5-17(14)23/h2-9,13H,10-12H2,1H3. The zero-order valence-electron chi connectivity index (χ0n) is 16.1. The average Bonchev–Trinajstić information content (AvgIpc) is 3.14. The lowest BCUT2D eigenvalue weighted by Crippen LogP contribution is -2.41. The fourth-order valence-electron chi connectivity index (χ4n) is 3.31. The van der Waals surface area contributed by atoms with Gasteiger partial charge >= 0.3 is 5.69 Å². The van der Waals surface area contributed by atoms with Crippen LogP contribution in [0.4, 0.5) is 4.39 Å². The van der Waals surface area contributed by atoms with Gasteiger partial charge in [0, 0.05) is 17.7 Å². The first-order valence-corrected chi connectivity index (χ1v) is 9.58. The summed E-state index contributed by atoms with van der Waals surface area (Å²) in [6.07, 6.45) is 1.44. The van der Waals surface area contributed by atoms with E-state index in [1.165, 1.54) is 24.1 Å². The third-order valence-electron chi connectivity index (χ3n) is 4.80. The van der Waals surface area contributed by atoms with E-state index in [-0.39, 0.29) is 36.7 Å². The number of halogens is 2. The highest BCUT2D eigenvalue weighted by atomic mass is 35.5. The zero-order valence-corrected chi connectivity index (χ0v) is 16.8. The molecule has 0 fully saturated rings. The molecule has 0 bridgehead atoms. The van der Waals surface area contributed by atoms with Crippen LogP contribution in [0.2, 0.25) is 5.02 Å². The molecule has 0 aliphatic rings. The molecular weight excluding hydrogens is 411 g/mol. The lowest BCUT2D eigenvalue weighted by molar-refractivity contribution is 0.184. The van der Waals surface area contributed by atoms with E-state index in [0.29, 0.717) is 16.3 Å². The van der Waals surface area contributed by atoms with Crippen molar-refractivity contribution < 1.29 is 9.13 Å². The molecule has 7 nitrogen and oxygen atoms in total. The minimum atomic E-state index is -0.539. The van der Waals surface area contributed by atoms with Gasteiger partial charge in [-0.1, -0.05) is 29.8 Å². The maximum atomic E-state index is 14.2. The predicted octanol–water partition coefficient (Wildman–Crippen LogP) is 2.84. The van der Waals surface area contributed by atoms with E-state index in [9.17, 15) is 14.0 Å². The van der Waals surface area contributed by atoms with Gasteiger partial charge in [-0.3, -0.25) is 9.36 Å². The van der Waals surface area contributed by atoms with Crippen molar-refractivity contribution in [3.63, 3.8) is 0 Å². The first-order chi connectivity index (χ1) is 14.5. The maximum absolute atomic E-state index is 14.2. The maximum Gasteiger partial charge on any atom is 0.337 e. The number of nitrogens with zero attached hydrogens (tertiary/aromatic N) is 4. The van der Waals surface area contributed by atoms with Crippen LogP contribution in [-0.2, 0) is 17.8 Å². The molecule has 2 aromatic heterocycles. The normalized spacial score (nSPS) is 11.3. The van der Waals surface area contributed by atoms with Crippen LogP contribution in [-0.4, -0.2) is 32.4 Å². The third-order valence-corrected chi connectivity index (χ3v) is 5.05. The molecule has 9 heteroatoms. The molecule has 0 spiro atoms. The molecule has 0 aliphatic heterocycles. The van der Waals surface area contributed by atoms with E-state index in [1.54, 1.807) is 47.0 Å². The highest BCUT2D eigenvalue weighted by Gasteiger charge is 2.19. The van der Waals surface area contributed by atoms with Crippen molar-refractivity contribution in [3.05, 3.63) is 92.1 Å². The number of methoxy groups -OCH3 is 1. The molecule has 2 aromatic carbocycles. The number of ether oxygens (including phenoxy) is 1. The van der Waals surface area contributed by atoms with Crippen LogP contribution in [0.25, 0.3) is 16.9 Å². The summed E-state index contributed by atoms with van der Waals surface area (Å²) in [4.78, 5) is 30.6. The van der Waals surface area contributed by atoms with Crippen molar-refractivity contribution >= 4 is 22.8 Å². The number of hydrogen-bond donors (Lipinski definition) is 0. The van der Waals surface area contributed by atoms with E-state index in [2.05, 4.69) is 4.98 Å². The van der Waals surface area contributed by atoms with Gasteiger partial charge in [0.15, 0.2) is 11.2 Å². The molecule has 30 heavy (non-hydrogen) atoms. The Balaban J connectivity index is 1.98. The summed E-state index contributed by atoms with van der Waals surface area (Å²) >= 11 is 5.98. The van der Waals surface area contributed by atoms with E-state index in [0.717, 1.165) is 4.57 Å². The Hall–Kier alpha value is -3.23. The second-order valence-electron chi connectivity index (χ2n) is 6.68. The second kappa shape index (κ2) is 8.25. The molecule has 0 atom stereocenters. The van der Waals surface area contributed by atoms with Gasteiger partial charge < -0.3 is 9.30 Å². The van der Waals surface area contributed by atoms with Crippen LogP contribution in [0.5, 0.6) is 0 Å². The molecule has 0 N–H and O–H groups in total. The second-order valence-corrected chi connectivity index (χ2v) is 7.12. The number of hydrogen-bond acceptors (Lipinski definition) is 4. The van der Waals surface area contributed by atoms with E-state index in [4.69, 9.17) is 16.3 Å². The average molecular weight is 429 g/mol. The van der Waals surface area contributed by atoms with Crippen molar-refractivity contribution in [3.8, 4) is 5.69 Å². The van der Waals surface area contributed by atoms with Gasteiger partial charge in [-0.05, 0) is 30.3 Å². The summed E-state index contributed by atoms with van der Waals surface area (Å²) in [5.41, 5.74) is 0.260. The topological polar surface area (TPSA) is 71.1 Å². The summed E-state index contributed by atoms with van der Waals surface area (Å²) in [5.74, 6) is -0.384. The molecule has 2 heterocycles. The Labute approximate surface area is 175 Å². The van der Waals surface area contributed by atoms with Gasteiger partial charge in [-0.25, -0.2) is 18.7 Å². The Morgan fingerprint density at radius 1 is 1.10 bits per heavy atom. The summed E-state index contributed by atoms with van der Waals surface area (Å²) < 4.78 is 23.2. The van der Waals surface area contributed by atoms with Crippen LogP contribution in [0.15, 0.2) is 64.4 Å². The summed E-state index contributed by atoms with van der Waals surface area (Å²) in [6, 6.07) is 13.0. The largest absolute Gasteiger partial charge is 0.383 e. The van der Waals surface area contributed by atoms with Crippen molar-refractivity contribution in [2.24, 2.45) is 0 Å². The van der Waals surface area contributed by atoms with E-state index >= 15 is 0 Å². The van der Waals surface area contributed by atoms with Gasteiger partial charge in [0.1, 0.15) is 5.82 Å². The van der Waals surface area contributed by atoms with Gasteiger partial charge in [-0.2, -0.15) is 0 Å². The monoisotopic (exact) mass is 428 g/mol. The molecule has 4 rings (SSSR count). The predicted molar refractivity (Wildman–Crippen MR) is 112 cm³/mol. The fraction of sp³-hybridized carbons (Fsp3) is 0.190. The zero-order chi connectivity index (χ0) is 21.3. The number of benzene rings is 2. The Morgan fingerprint density at radius 2 is 1.83 bits per heavy atom. The molecule has 0 unspecified atom stereocenters. The number of imidazole rings is 1. The van der Waals surface area contributed by atoms with Crippen LogP contribution in [0.3, 0.4) is 0 Å². The highest BCUT2D eigenvalue weighted by molar-refractivity contribution is 6.30. The van der Waals surface area contributed by atoms with Gasteiger partial charge in [0.25, 0.3) is 5.56 Å². The minimum absolute atomic E-state index is 0.0720. The van der Waals surface area contributed by atoms with Crippen molar-refractivity contribution in [2.75, 3.05) is 13.7 Å². The Kier molecular flexibility index (Phi) is 5.52. The van der Waals surface area contributed by atoms with E-state index < -0.39 is 11.2 Å². The first-order valence-electron chi connectivity index (χ1n) is 9.20. The first kappa shape index (κ1) is 20.1. The van der Waals surface area contributed by atoms with Crippen molar-refractivity contribution in [1.29, 1.82) is 0 Å². The quantitative estimate of drug-likeness (QED) is 0.473. The minimum Gasteiger partial charge on any atom is -0.383 e. The van der Waals surface area contributed by atoms with Gasteiger partial charge in [0.05, 0.1) is 31.7 Å². The van der Waals surface area contributed by atoms with Crippen LogP contribution in [0.1, 0.15) is 5.56 Å². The molecule has 0 amide bonds. The van der Waals surface area contributed by atoms with E-state index in [1.807, 2.05) is 0 Å². The number of aromatic nitrogens is 4. The molecule has 0 radical (unpaired) electrons. The van der Waals surface area contributed by atoms with Gasteiger partial charge in [0.2, 0.25) is 0 Å². The highest BCUT2D eigenvalue weighted by Crippen LogP contribution is 2.17. The third kappa shape index (κ3) is 3.55. The lowest BCUT2D eigenvalue weighted by Gasteiger charge is -2.13. The van der Waals surface area contributed by atoms with Gasteiger partial charge in [-0.15, -0.1) is 0 Å². The molecule has 0 saturated carbocycles. The SMILES string of the molecule is COCCn1c(=O)c2c(ncn2Cc2ccccc2F)n(-c2ccc(Cl)cc2)c1=O. The number of rotatable bonds is 6. The van der Waals surface area contributed by atoms with Crippen molar-refractivity contribution in [2.45, 2.75) is 13.1 Å². The fourth-order valence-corrected chi connectivity index (χ4v) is 3.44. The molecule has 0 aliphatic carbocycles. The number of fused-ring (bicyclic) bond motifs is 1. The molecule has 4 aromatic rings. The Bertz CT molecular complexity index is 1330. The van der Waals surface area contributed by atoms with Crippen LogP contribution in [0, 0.1) is 5.82 Å². The summed E-state index contributed by atoms with van der Waals surface area (Å²) in [6.45, 7) is 0.354. The van der Waals surface area contributed by atoms with Crippen LogP contribution >= 0.6 is 11.6 Å². The van der Waals surface area contributed by atoms with Crippen molar-refractivity contribution in [1.82, 2.24) is 18.7 Å². The molecule has 154 valence electrons.